The van der Waals surface area contributed by atoms with Crippen molar-refractivity contribution in [2.75, 3.05) is 45.7 Å². The van der Waals surface area contributed by atoms with Crippen LogP contribution < -0.4 is 10.1 Å². The van der Waals surface area contributed by atoms with Crippen LogP contribution in [0.25, 0.3) is 0 Å². The van der Waals surface area contributed by atoms with Gasteiger partial charge in [0.1, 0.15) is 5.75 Å². The minimum absolute atomic E-state index is 0.140. The molecule has 0 bridgehead atoms. The fourth-order valence-corrected chi connectivity index (χ4v) is 4.88. The summed E-state index contributed by atoms with van der Waals surface area (Å²) in [5.41, 5.74) is 0.389. The van der Waals surface area contributed by atoms with Crippen LogP contribution in [-0.2, 0) is 14.8 Å². The smallest absolute Gasteiger partial charge is 0.243 e. The van der Waals surface area contributed by atoms with Gasteiger partial charge in [-0.15, -0.1) is 0 Å². The summed E-state index contributed by atoms with van der Waals surface area (Å²) in [6, 6.07) is 4.62. The summed E-state index contributed by atoms with van der Waals surface area (Å²) in [6.45, 7) is 2.32. The molecule has 2 aliphatic rings. The maximum absolute atomic E-state index is 13.0. The molecule has 3 rings (SSSR count). The molecule has 1 aromatic carbocycles. The zero-order valence-corrected chi connectivity index (χ0v) is 16.7. The van der Waals surface area contributed by atoms with E-state index in [0.29, 0.717) is 44.0 Å². The van der Waals surface area contributed by atoms with E-state index >= 15 is 0 Å². The number of amides is 1. The molecule has 0 unspecified atom stereocenters. The number of hydrogen-bond donors (Lipinski definition) is 1. The lowest BCUT2D eigenvalue weighted by Gasteiger charge is -2.31. The first-order valence-corrected chi connectivity index (χ1v) is 10.7. The molecule has 1 aliphatic carbocycles. The van der Waals surface area contributed by atoms with Gasteiger partial charge in [-0.2, -0.15) is 4.31 Å². The molecular weight excluding hydrogens is 366 g/mol. The van der Waals surface area contributed by atoms with Crippen LogP contribution in [0.2, 0.25) is 0 Å². The number of carbonyl (C=O) groups is 1. The Hall–Kier alpha value is -1.90. The highest BCUT2D eigenvalue weighted by molar-refractivity contribution is 7.89. The number of hydrogen-bond acceptors (Lipinski definition) is 5. The zero-order chi connectivity index (χ0) is 19.4. The van der Waals surface area contributed by atoms with Crippen LogP contribution in [0.1, 0.15) is 19.3 Å². The van der Waals surface area contributed by atoms with E-state index in [4.69, 9.17) is 4.74 Å². The Morgan fingerprint density at radius 3 is 2.63 bits per heavy atom. The number of carbonyl (C=O) groups excluding carboxylic acids is 1. The SMILES string of the molecule is COc1ccc(S(=O)(=O)N2CCN(C)CC2)cc1NC(=O)C[C@H]1C=CCC1. The van der Waals surface area contributed by atoms with E-state index in [1.54, 1.807) is 6.07 Å². The van der Waals surface area contributed by atoms with E-state index in [1.807, 2.05) is 7.05 Å². The Morgan fingerprint density at radius 1 is 1.26 bits per heavy atom. The normalized spacial score (nSPS) is 21.3. The minimum atomic E-state index is -3.60. The Balaban J connectivity index is 1.78. The Kier molecular flexibility index (Phi) is 6.18. The number of ether oxygens (including phenoxy) is 1. The van der Waals surface area contributed by atoms with Gasteiger partial charge in [0.05, 0.1) is 17.7 Å². The number of nitrogens with one attached hydrogen (secondary N) is 1. The summed E-state index contributed by atoms with van der Waals surface area (Å²) in [6.07, 6.45) is 6.50. The predicted molar refractivity (Wildman–Crippen MR) is 104 cm³/mol. The third kappa shape index (κ3) is 4.69. The molecule has 1 fully saturated rings. The highest BCUT2D eigenvalue weighted by Gasteiger charge is 2.28. The number of benzene rings is 1. The van der Waals surface area contributed by atoms with Crippen molar-refractivity contribution in [1.29, 1.82) is 0 Å². The molecule has 1 saturated heterocycles. The van der Waals surface area contributed by atoms with Gasteiger partial charge in [-0.25, -0.2) is 8.42 Å². The molecule has 1 N–H and O–H groups in total. The van der Waals surface area contributed by atoms with Crippen LogP contribution in [0, 0.1) is 5.92 Å². The third-order valence-corrected chi connectivity index (χ3v) is 7.00. The fraction of sp³-hybridized carbons (Fsp3) is 0.526. The molecule has 1 amide bonds. The number of nitrogens with zero attached hydrogens (tertiary/aromatic N) is 2. The van der Waals surface area contributed by atoms with Gasteiger partial charge in [0.2, 0.25) is 15.9 Å². The van der Waals surface area contributed by atoms with E-state index in [-0.39, 0.29) is 16.7 Å². The average molecular weight is 394 g/mol. The molecule has 8 heteroatoms. The molecule has 0 radical (unpaired) electrons. The van der Waals surface area contributed by atoms with Crippen molar-refractivity contribution < 1.29 is 17.9 Å². The Bertz CT molecular complexity index is 814. The van der Waals surface area contributed by atoms with Gasteiger partial charge in [0.15, 0.2) is 0 Å². The topological polar surface area (TPSA) is 79.0 Å². The number of sulfonamides is 1. The van der Waals surface area contributed by atoms with E-state index < -0.39 is 10.0 Å². The van der Waals surface area contributed by atoms with Crippen molar-refractivity contribution in [3.8, 4) is 5.75 Å². The highest BCUT2D eigenvalue weighted by Crippen LogP contribution is 2.30. The molecule has 0 aromatic heterocycles. The summed E-state index contributed by atoms with van der Waals surface area (Å²) in [5, 5.41) is 2.82. The van der Waals surface area contributed by atoms with Crippen LogP contribution in [-0.4, -0.2) is 63.9 Å². The van der Waals surface area contributed by atoms with Crippen LogP contribution >= 0.6 is 0 Å². The van der Waals surface area contributed by atoms with Gasteiger partial charge >= 0.3 is 0 Å². The highest BCUT2D eigenvalue weighted by atomic mass is 32.2. The summed E-state index contributed by atoms with van der Waals surface area (Å²) in [4.78, 5) is 14.6. The van der Waals surface area contributed by atoms with Gasteiger partial charge < -0.3 is 15.0 Å². The molecule has 27 heavy (non-hydrogen) atoms. The molecule has 1 atom stereocenters. The summed E-state index contributed by atoms with van der Waals surface area (Å²) < 4.78 is 32.7. The van der Waals surface area contributed by atoms with Gasteiger partial charge in [0.25, 0.3) is 0 Å². The second-order valence-corrected chi connectivity index (χ2v) is 9.03. The van der Waals surface area contributed by atoms with Crippen molar-refractivity contribution in [3.63, 3.8) is 0 Å². The minimum Gasteiger partial charge on any atom is -0.495 e. The number of likely N-dealkylation sites (N-methyl/N-ethyl adjacent to an activating group) is 1. The molecule has 1 aliphatic heterocycles. The largest absolute Gasteiger partial charge is 0.495 e. The number of methoxy groups -OCH3 is 1. The lowest BCUT2D eigenvalue weighted by atomic mass is 10.1. The molecule has 1 heterocycles. The number of piperazine rings is 1. The first-order chi connectivity index (χ1) is 12.9. The fourth-order valence-electron chi connectivity index (χ4n) is 3.43. The predicted octanol–water partition coefficient (Wildman–Crippen LogP) is 1.93. The first-order valence-electron chi connectivity index (χ1n) is 9.23. The van der Waals surface area contributed by atoms with Gasteiger partial charge in [-0.3, -0.25) is 4.79 Å². The van der Waals surface area contributed by atoms with E-state index in [9.17, 15) is 13.2 Å². The van der Waals surface area contributed by atoms with E-state index in [0.717, 1.165) is 12.8 Å². The molecule has 148 valence electrons. The zero-order valence-electron chi connectivity index (χ0n) is 15.8. The van der Waals surface area contributed by atoms with Crippen LogP contribution in [0.3, 0.4) is 0 Å². The van der Waals surface area contributed by atoms with Crippen molar-refractivity contribution in [2.24, 2.45) is 5.92 Å². The van der Waals surface area contributed by atoms with Gasteiger partial charge in [-0.1, -0.05) is 12.2 Å². The molecule has 7 nitrogen and oxygen atoms in total. The molecule has 0 saturated carbocycles. The lowest BCUT2D eigenvalue weighted by molar-refractivity contribution is -0.116. The number of rotatable bonds is 6. The van der Waals surface area contributed by atoms with Crippen LogP contribution in [0.5, 0.6) is 5.75 Å². The quantitative estimate of drug-likeness (QED) is 0.747. The lowest BCUT2D eigenvalue weighted by Crippen LogP contribution is -2.47. The second kappa shape index (κ2) is 8.41. The van der Waals surface area contributed by atoms with Crippen molar-refractivity contribution in [3.05, 3.63) is 30.4 Å². The second-order valence-electron chi connectivity index (χ2n) is 7.09. The first kappa shape index (κ1) is 19.9. The van der Waals surface area contributed by atoms with Gasteiger partial charge in [-0.05, 0) is 44.0 Å². The maximum atomic E-state index is 13.0. The Morgan fingerprint density at radius 2 is 2.00 bits per heavy atom. The molecular formula is C19H27N3O4S. The van der Waals surface area contributed by atoms with Crippen LogP contribution in [0.15, 0.2) is 35.2 Å². The van der Waals surface area contributed by atoms with Crippen LogP contribution in [0.4, 0.5) is 5.69 Å². The summed E-state index contributed by atoms with van der Waals surface area (Å²) in [7, 11) is -0.126. The molecule has 1 aromatic rings. The van der Waals surface area contributed by atoms with Gasteiger partial charge in [0, 0.05) is 32.6 Å². The maximum Gasteiger partial charge on any atom is 0.243 e. The number of allylic oxidation sites excluding steroid dienone is 2. The molecule has 0 spiro atoms. The Labute approximate surface area is 161 Å². The number of anilines is 1. The standard InChI is InChI=1S/C19H27N3O4S/c1-21-9-11-22(12-10-21)27(24,25)16-7-8-18(26-2)17(14-16)20-19(23)13-15-5-3-4-6-15/h3,5,7-8,14-15H,4,6,9-13H2,1-2H3,(H,20,23)/t15-/m0/s1. The summed E-state index contributed by atoms with van der Waals surface area (Å²) in [5.74, 6) is 0.551. The van der Waals surface area contributed by atoms with E-state index in [2.05, 4.69) is 22.4 Å². The third-order valence-electron chi connectivity index (χ3n) is 5.11. The van der Waals surface area contributed by atoms with Crippen molar-refractivity contribution in [1.82, 2.24) is 9.21 Å². The van der Waals surface area contributed by atoms with E-state index in [1.165, 1.54) is 23.5 Å². The average Bonchev–Trinajstić information content (AvgIpc) is 3.14. The van der Waals surface area contributed by atoms with Crippen molar-refractivity contribution in [2.45, 2.75) is 24.2 Å². The van der Waals surface area contributed by atoms with Crippen molar-refractivity contribution >= 4 is 21.6 Å². The summed E-state index contributed by atoms with van der Waals surface area (Å²) >= 11 is 0. The monoisotopic (exact) mass is 393 g/mol.